The summed E-state index contributed by atoms with van der Waals surface area (Å²) in [6.07, 6.45) is 1.37. The number of hydrogen-bond donors (Lipinski definition) is 3. The number of hydrogen-bond acceptors (Lipinski definition) is 4. The molecule has 3 aromatic rings. The topological polar surface area (TPSA) is 88.7 Å². The fourth-order valence-corrected chi connectivity index (χ4v) is 5.48. The number of phenols is 1. The Morgan fingerprint density at radius 1 is 1.22 bits per heavy atom. The molecule has 2 aliphatic rings. The van der Waals surface area contributed by atoms with E-state index in [1.807, 2.05) is 6.07 Å². The normalized spacial score (nSPS) is 19.8. The number of imide groups is 1. The summed E-state index contributed by atoms with van der Waals surface area (Å²) >= 11 is 6.10. The molecular weight excluding hydrogens is 483 g/mol. The number of rotatable bonds is 6. The summed E-state index contributed by atoms with van der Waals surface area (Å²) in [7, 11) is 0. The Labute approximate surface area is 214 Å². The summed E-state index contributed by atoms with van der Waals surface area (Å²) in [5, 5.41) is 14.2. The quantitative estimate of drug-likeness (QED) is 0.323. The van der Waals surface area contributed by atoms with Gasteiger partial charge < -0.3 is 20.3 Å². The summed E-state index contributed by atoms with van der Waals surface area (Å²) in [4.78, 5) is 33.4. The van der Waals surface area contributed by atoms with Crippen LogP contribution in [0.3, 0.4) is 0 Å². The highest BCUT2D eigenvalue weighted by Crippen LogP contribution is 2.43. The van der Waals surface area contributed by atoms with Crippen LogP contribution < -0.4 is 5.32 Å². The average molecular weight is 513 g/mol. The van der Waals surface area contributed by atoms with Crippen molar-refractivity contribution in [2.45, 2.75) is 57.7 Å². The van der Waals surface area contributed by atoms with Crippen LogP contribution in [-0.2, 0) is 17.6 Å². The van der Waals surface area contributed by atoms with Crippen LogP contribution in [0.4, 0.5) is 9.18 Å². The Morgan fingerprint density at radius 3 is 2.72 bits per heavy atom. The third kappa shape index (κ3) is 4.44. The smallest absolute Gasteiger partial charge is 0.328 e. The Morgan fingerprint density at radius 2 is 2.00 bits per heavy atom. The zero-order valence-corrected chi connectivity index (χ0v) is 21.3. The monoisotopic (exact) mass is 512 g/mol. The van der Waals surface area contributed by atoms with Crippen molar-refractivity contribution >= 4 is 34.4 Å². The molecule has 7 nitrogen and oxygen atoms in total. The van der Waals surface area contributed by atoms with Crippen LogP contribution in [-0.4, -0.2) is 56.5 Å². The van der Waals surface area contributed by atoms with Gasteiger partial charge in [-0.1, -0.05) is 23.7 Å². The van der Waals surface area contributed by atoms with Crippen molar-refractivity contribution in [2.24, 2.45) is 0 Å². The SMILES string of the molecule is CC(C)(C)NCCCN1C(=O)[C@@H]2Cc3c([nH]c4cc(F)c(Cl)cc34)C(Cc3cccc(O)c3)N2C1=O. The van der Waals surface area contributed by atoms with E-state index in [0.717, 1.165) is 22.2 Å². The number of phenolic OH excluding ortho intramolecular Hbond substituents is 1. The first-order chi connectivity index (χ1) is 17.0. The first kappa shape index (κ1) is 24.6. The van der Waals surface area contributed by atoms with Gasteiger partial charge in [-0.15, -0.1) is 0 Å². The van der Waals surface area contributed by atoms with Gasteiger partial charge in [-0.3, -0.25) is 9.69 Å². The molecule has 3 N–H and O–H groups in total. The average Bonchev–Trinajstić information content (AvgIpc) is 3.26. The van der Waals surface area contributed by atoms with E-state index in [4.69, 9.17) is 11.6 Å². The number of fused-ring (bicyclic) bond motifs is 4. The molecule has 0 bridgehead atoms. The number of carbonyl (C=O) groups excluding carboxylic acids is 2. The molecular formula is C27H30ClFN4O3. The van der Waals surface area contributed by atoms with Gasteiger partial charge in [0.25, 0.3) is 5.91 Å². The standard InChI is InChI=1S/C27H30ClFN4O3/c1-27(2,3)30-8-5-9-32-25(35)23-13-18-17-12-19(28)20(29)14-21(17)31-24(18)22(33(23)26(32)36)11-15-6-4-7-16(34)10-15/h4,6-7,10,12,14,22-23,30-31,34H,5,8-9,11,13H2,1-3H3/t22?,23-/m0/s1. The molecule has 2 aliphatic heterocycles. The van der Waals surface area contributed by atoms with Crippen LogP contribution in [0.25, 0.3) is 10.9 Å². The van der Waals surface area contributed by atoms with Gasteiger partial charge in [-0.05, 0) is 75.5 Å². The van der Waals surface area contributed by atoms with Crippen molar-refractivity contribution < 1.29 is 19.1 Å². The van der Waals surface area contributed by atoms with E-state index >= 15 is 0 Å². The molecule has 2 aromatic carbocycles. The van der Waals surface area contributed by atoms with Crippen LogP contribution in [0.15, 0.2) is 36.4 Å². The van der Waals surface area contributed by atoms with Crippen LogP contribution >= 0.6 is 11.6 Å². The number of aromatic amines is 1. The number of benzene rings is 2. The van der Waals surface area contributed by atoms with E-state index in [-0.39, 0.29) is 28.2 Å². The minimum Gasteiger partial charge on any atom is -0.508 e. The lowest BCUT2D eigenvalue weighted by atomic mass is 9.89. The molecule has 3 heterocycles. The molecule has 0 aliphatic carbocycles. The third-order valence-electron chi connectivity index (χ3n) is 6.94. The zero-order valence-electron chi connectivity index (χ0n) is 20.6. The Kier molecular flexibility index (Phi) is 6.21. The minimum absolute atomic E-state index is 0.0121. The van der Waals surface area contributed by atoms with Gasteiger partial charge in [0, 0.05) is 35.1 Å². The van der Waals surface area contributed by atoms with Gasteiger partial charge in [-0.2, -0.15) is 0 Å². The summed E-state index contributed by atoms with van der Waals surface area (Å²) in [6.45, 7) is 7.23. The fraction of sp³-hybridized carbons (Fsp3) is 0.407. The molecule has 36 heavy (non-hydrogen) atoms. The first-order valence-corrected chi connectivity index (χ1v) is 12.6. The van der Waals surface area contributed by atoms with Gasteiger partial charge in [-0.25, -0.2) is 9.18 Å². The molecule has 1 saturated heterocycles. The maximum Gasteiger partial charge on any atom is 0.328 e. The van der Waals surface area contributed by atoms with Gasteiger partial charge >= 0.3 is 6.03 Å². The second-order valence-corrected chi connectivity index (χ2v) is 11.1. The number of H-pyrrole nitrogens is 1. The number of carbonyl (C=O) groups is 2. The zero-order chi connectivity index (χ0) is 25.8. The van der Waals surface area contributed by atoms with Crippen molar-refractivity contribution in [1.29, 1.82) is 0 Å². The second kappa shape index (κ2) is 9.09. The van der Waals surface area contributed by atoms with Gasteiger partial charge in [0.2, 0.25) is 0 Å². The number of amides is 3. The minimum atomic E-state index is -0.647. The Bertz CT molecular complexity index is 1350. The maximum atomic E-state index is 14.2. The molecule has 9 heteroatoms. The lowest BCUT2D eigenvalue weighted by molar-refractivity contribution is -0.128. The van der Waals surface area contributed by atoms with E-state index < -0.39 is 17.9 Å². The molecule has 0 spiro atoms. The second-order valence-electron chi connectivity index (χ2n) is 10.6. The van der Waals surface area contributed by atoms with Crippen molar-refractivity contribution in [1.82, 2.24) is 20.1 Å². The first-order valence-electron chi connectivity index (χ1n) is 12.2. The van der Waals surface area contributed by atoms with Crippen LogP contribution in [0.5, 0.6) is 5.75 Å². The number of aromatic nitrogens is 1. The predicted molar refractivity (Wildman–Crippen MR) is 137 cm³/mol. The Hall–Kier alpha value is -3.10. The van der Waals surface area contributed by atoms with Crippen LogP contribution in [0.1, 0.15) is 50.1 Å². The number of nitrogens with one attached hydrogen (secondary N) is 2. The number of nitrogens with zero attached hydrogens (tertiary/aromatic N) is 2. The number of aromatic hydroxyl groups is 1. The molecule has 190 valence electrons. The molecule has 0 radical (unpaired) electrons. The van der Waals surface area contributed by atoms with Gasteiger partial charge in [0.05, 0.1) is 11.1 Å². The highest BCUT2D eigenvalue weighted by atomic mass is 35.5. The molecule has 2 atom stereocenters. The lowest BCUT2D eigenvalue weighted by Gasteiger charge is -2.36. The summed E-state index contributed by atoms with van der Waals surface area (Å²) < 4.78 is 14.2. The highest BCUT2D eigenvalue weighted by Gasteiger charge is 2.51. The molecule has 5 rings (SSSR count). The van der Waals surface area contributed by atoms with E-state index in [1.54, 1.807) is 29.2 Å². The number of halogens is 2. The lowest BCUT2D eigenvalue weighted by Crippen LogP contribution is -2.44. The van der Waals surface area contributed by atoms with Crippen molar-refractivity contribution in [3.05, 3.63) is 64.1 Å². The van der Waals surface area contributed by atoms with E-state index in [9.17, 15) is 19.1 Å². The van der Waals surface area contributed by atoms with Crippen molar-refractivity contribution in [2.75, 3.05) is 13.1 Å². The molecule has 0 saturated carbocycles. The predicted octanol–water partition coefficient (Wildman–Crippen LogP) is 4.92. The van der Waals surface area contributed by atoms with Crippen LogP contribution in [0.2, 0.25) is 5.02 Å². The molecule has 1 aromatic heterocycles. The summed E-state index contributed by atoms with van der Waals surface area (Å²) in [5.74, 6) is -0.623. The van der Waals surface area contributed by atoms with E-state index in [0.29, 0.717) is 37.9 Å². The van der Waals surface area contributed by atoms with Crippen LogP contribution in [0, 0.1) is 5.82 Å². The van der Waals surface area contributed by atoms with Gasteiger partial charge in [0.1, 0.15) is 17.6 Å². The van der Waals surface area contributed by atoms with Gasteiger partial charge in [0.15, 0.2) is 0 Å². The summed E-state index contributed by atoms with van der Waals surface area (Å²) in [5.41, 5.74) is 2.99. The van der Waals surface area contributed by atoms with E-state index in [2.05, 4.69) is 31.1 Å². The van der Waals surface area contributed by atoms with E-state index in [1.165, 1.54) is 11.0 Å². The molecule has 3 amide bonds. The van der Waals surface area contributed by atoms with Crippen molar-refractivity contribution in [3.63, 3.8) is 0 Å². The highest BCUT2D eigenvalue weighted by molar-refractivity contribution is 6.31. The third-order valence-corrected chi connectivity index (χ3v) is 7.23. The fourth-order valence-electron chi connectivity index (χ4n) is 5.32. The molecule has 1 unspecified atom stereocenters. The maximum absolute atomic E-state index is 14.2. The Balaban J connectivity index is 1.51. The largest absolute Gasteiger partial charge is 0.508 e. The molecule has 1 fully saturated rings. The van der Waals surface area contributed by atoms with Crippen molar-refractivity contribution in [3.8, 4) is 5.75 Å². The summed E-state index contributed by atoms with van der Waals surface area (Å²) in [6, 6.07) is 8.35. The number of urea groups is 1.